The molecule has 1 aliphatic carbocycles. The van der Waals surface area contributed by atoms with Crippen LogP contribution in [0.1, 0.15) is 54.4 Å². The number of hydrogen-bond donors (Lipinski definition) is 0. The molecular formula is C23H28N2. The van der Waals surface area contributed by atoms with Crippen molar-refractivity contribution < 1.29 is 0 Å². The van der Waals surface area contributed by atoms with Crippen LogP contribution in [0.15, 0.2) is 47.5 Å². The van der Waals surface area contributed by atoms with E-state index in [-0.39, 0.29) is 0 Å². The second kappa shape index (κ2) is 7.86. The molecule has 0 atom stereocenters. The summed E-state index contributed by atoms with van der Waals surface area (Å²) in [4.78, 5) is 6.97. The van der Waals surface area contributed by atoms with E-state index >= 15 is 0 Å². The van der Waals surface area contributed by atoms with Crippen molar-refractivity contribution in [3.8, 4) is 0 Å². The van der Waals surface area contributed by atoms with Crippen LogP contribution in [0.25, 0.3) is 0 Å². The minimum Gasteiger partial charge on any atom is -0.363 e. The van der Waals surface area contributed by atoms with Crippen molar-refractivity contribution in [3.63, 3.8) is 0 Å². The highest BCUT2D eigenvalue weighted by Crippen LogP contribution is 2.24. The van der Waals surface area contributed by atoms with Gasteiger partial charge in [0.2, 0.25) is 0 Å². The van der Waals surface area contributed by atoms with Crippen LogP contribution in [-0.2, 0) is 19.3 Å². The zero-order valence-electron chi connectivity index (χ0n) is 15.1. The topological polar surface area (TPSA) is 15.6 Å². The quantitative estimate of drug-likeness (QED) is 0.548. The van der Waals surface area contributed by atoms with Gasteiger partial charge < -0.3 is 4.90 Å². The Morgan fingerprint density at radius 3 is 2.28 bits per heavy atom. The van der Waals surface area contributed by atoms with Crippen LogP contribution in [0, 0.1) is 0 Å². The third-order valence-corrected chi connectivity index (χ3v) is 5.52. The fourth-order valence-corrected chi connectivity index (χ4v) is 4.01. The molecule has 0 amide bonds. The summed E-state index contributed by atoms with van der Waals surface area (Å²) in [5.41, 5.74) is 7.00. The minimum atomic E-state index is 1.02. The standard InChI is InChI=1S/C23H28N2/c1-4-14-25(15-5-1)18-24-23-12-9-19(10-13-23)16-20-8-11-21-6-2-3-7-22(21)17-20/h8-13,17-18H,1-7,14-16H2. The maximum Gasteiger partial charge on any atom is 0.0912 e. The lowest BCUT2D eigenvalue weighted by Gasteiger charge is -2.23. The predicted molar refractivity (Wildman–Crippen MR) is 106 cm³/mol. The molecule has 0 aromatic heterocycles. The van der Waals surface area contributed by atoms with Gasteiger partial charge in [0.25, 0.3) is 0 Å². The smallest absolute Gasteiger partial charge is 0.0912 e. The molecule has 2 aromatic rings. The van der Waals surface area contributed by atoms with Gasteiger partial charge in [-0.25, -0.2) is 4.99 Å². The Morgan fingerprint density at radius 2 is 1.48 bits per heavy atom. The van der Waals surface area contributed by atoms with Gasteiger partial charge >= 0.3 is 0 Å². The predicted octanol–water partition coefficient (Wildman–Crippen LogP) is 5.30. The Bertz CT molecular complexity index is 724. The van der Waals surface area contributed by atoms with Crippen molar-refractivity contribution in [2.75, 3.05) is 13.1 Å². The fourth-order valence-electron chi connectivity index (χ4n) is 4.01. The lowest BCUT2D eigenvalue weighted by molar-refractivity contribution is 0.351. The number of fused-ring (bicyclic) bond motifs is 1. The van der Waals surface area contributed by atoms with E-state index in [0.29, 0.717) is 0 Å². The van der Waals surface area contributed by atoms with E-state index in [4.69, 9.17) is 0 Å². The monoisotopic (exact) mass is 332 g/mol. The van der Waals surface area contributed by atoms with E-state index in [1.807, 2.05) is 6.34 Å². The molecule has 2 heteroatoms. The number of likely N-dealkylation sites (tertiary alicyclic amines) is 1. The molecule has 130 valence electrons. The normalized spacial score (nSPS) is 17.7. The van der Waals surface area contributed by atoms with E-state index in [9.17, 15) is 0 Å². The molecule has 0 radical (unpaired) electrons. The van der Waals surface area contributed by atoms with Gasteiger partial charge in [-0.1, -0.05) is 30.3 Å². The number of aryl methyl sites for hydroxylation is 2. The van der Waals surface area contributed by atoms with Gasteiger partial charge in [-0.05, 0) is 85.8 Å². The summed E-state index contributed by atoms with van der Waals surface area (Å²) in [6, 6.07) is 15.8. The molecule has 25 heavy (non-hydrogen) atoms. The van der Waals surface area contributed by atoms with Crippen LogP contribution in [0.2, 0.25) is 0 Å². The molecule has 2 nitrogen and oxygen atoms in total. The first kappa shape index (κ1) is 16.4. The number of nitrogens with zero attached hydrogens (tertiary/aromatic N) is 2. The van der Waals surface area contributed by atoms with Gasteiger partial charge in [0.1, 0.15) is 0 Å². The molecule has 1 heterocycles. The Balaban J connectivity index is 1.39. The van der Waals surface area contributed by atoms with Crippen LogP contribution in [-0.4, -0.2) is 24.3 Å². The zero-order chi connectivity index (χ0) is 16.9. The molecule has 2 aromatic carbocycles. The minimum absolute atomic E-state index is 1.02. The maximum atomic E-state index is 4.64. The molecule has 0 N–H and O–H groups in total. The van der Waals surface area contributed by atoms with Crippen molar-refractivity contribution in [2.24, 2.45) is 4.99 Å². The van der Waals surface area contributed by atoms with E-state index < -0.39 is 0 Å². The highest BCUT2D eigenvalue weighted by Gasteiger charge is 2.09. The molecular weight excluding hydrogens is 304 g/mol. The SMILES string of the molecule is C(=Nc1ccc(Cc2ccc3c(c2)CCCC3)cc1)N1CCCCC1. The number of benzene rings is 2. The molecule has 0 saturated carbocycles. The number of hydrogen-bond acceptors (Lipinski definition) is 1. The van der Waals surface area contributed by atoms with Crippen molar-refractivity contribution in [1.29, 1.82) is 0 Å². The summed E-state index contributed by atoms with van der Waals surface area (Å²) >= 11 is 0. The number of rotatable bonds is 4. The first-order valence-electron chi connectivity index (χ1n) is 9.85. The zero-order valence-corrected chi connectivity index (χ0v) is 15.1. The largest absolute Gasteiger partial charge is 0.363 e. The molecule has 1 aliphatic heterocycles. The summed E-state index contributed by atoms with van der Waals surface area (Å²) in [6.07, 6.45) is 12.2. The van der Waals surface area contributed by atoms with Crippen LogP contribution >= 0.6 is 0 Å². The molecule has 0 unspecified atom stereocenters. The first-order chi connectivity index (χ1) is 12.4. The van der Waals surface area contributed by atoms with Crippen LogP contribution in [0.4, 0.5) is 5.69 Å². The van der Waals surface area contributed by atoms with Crippen molar-refractivity contribution >= 4 is 12.0 Å². The highest BCUT2D eigenvalue weighted by atomic mass is 15.1. The second-order valence-corrected chi connectivity index (χ2v) is 7.49. The molecule has 1 saturated heterocycles. The number of aliphatic imine (C=N–C) groups is 1. The average Bonchev–Trinajstić information content (AvgIpc) is 2.68. The van der Waals surface area contributed by atoms with Crippen LogP contribution < -0.4 is 0 Å². The van der Waals surface area contributed by atoms with E-state index in [2.05, 4.69) is 52.4 Å². The summed E-state index contributed by atoms with van der Waals surface area (Å²) in [7, 11) is 0. The van der Waals surface area contributed by atoms with Gasteiger partial charge in [-0.2, -0.15) is 0 Å². The van der Waals surface area contributed by atoms with E-state index in [1.165, 1.54) is 56.1 Å². The summed E-state index contributed by atoms with van der Waals surface area (Å²) in [6.45, 7) is 2.31. The molecule has 1 fully saturated rings. The Morgan fingerprint density at radius 1 is 0.760 bits per heavy atom. The van der Waals surface area contributed by atoms with Crippen molar-refractivity contribution in [3.05, 3.63) is 64.7 Å². The molecule has 0 spiro atoms. The summed E-state index contributed by atoms with van der Waals surface area (Å²) in [5, 5.41) is 0. The van der Waals surface area contributed by atoms with Gasteiger partial charge in [0, 0.05) is 13.1 Å². The van der Waals surface area contributed by atoms with Crippen LogP contribution in [0.5, 0.6) is 0 Å². The van der Waals surface area contributed by atoms with Gasteiger partial charge in [-0.3, -0.25) is 0 Å². The molecule has 4 rings (SSSR count). The molecule has 2 aliphatic rings. The first-order valence-corrected chi connectivity index (χ1v) is 9.85. The fraction of sp³-hybridized carbons (Fsp3) is 0.435. The lowest BCUT2D eigenvalue weighted by Crippen LogP contribution is -2.27. The highest BCUT2D eigenvalue weighted by molar-refractivity contribution is 5.61. The average molecular weight is 332 g/mol. The summed E-state index contributed by atoms with van der Waals surface area (Å²) < 4.78 is 0. The van der Waals surface area contributed by atoms with Crippen molar-refractivity contribution in [2.45, 2.75) is 51.4 Å². The Labute approximate surface area is 151 Å². The lowest BCUT2D eigenvalue weighted by atomic mass is 9.89. The second-order valence-electron chi connectivity index (χ2n) is 7.49. The third kappa shape index (κ3) is 4.31. The Hall–Kier alpha value is -2.09. The van der Waals surface area contributed by atoms with Gasteiger partial charge in [0.15, 0.2) is 0 Å². The summed E-state index contributed by atoms with van der Waals surface area (Å²) in [5.74, 6) is 0. The van der Waals surface area contributed by atoms with Crippen LogP contribution in [0.3, 0.4) is 0 Å². The van der Waals surface area contributed by atoms with Gasteiger partial charge in [-0.15, -0.1) is 0 Å². The maximum absolute atomic E-state index is 4.64. The van der Waals surface area contributed by atoms with E-state index in [1.54, 1.807) is 11.1 Å². The number of piperidine rings is 1. The van der Waals surface area contributed by atoms with Crippen molar-refractivity contribution in [1.82, 2.24) is 4.90 Å². The van der Waals surface area contributed by atoms with E-state index in [0.717, 1.165) is 25.2 Å². The molecule has 0 bridgehead atoms. The third-order valence-electron chi connectivity index (χ3n) is 5.52. The van der Waals surface area contributed by atoms with Gasteiger partial charge in [0.05, 0.1) is 12.0 Å². The Kier molecular flexibility index (Phi) is 5.15.